The van der Waals surface area contributed by atoms with Gasteiger partial charge in [-0.05, 0) is 55.4 Å². The van der Waals surface area contributed by atoms with Gasteiger partial charge in [-0.3, -0.25) is 14.5 Å². The van der Waals surface area contributed by atoms with E-state index in [0.29, 0.717) is 17.5 Å². The molecule has 3 aliphatic rings. The molecule has 116 valence electrons. The number of imide groups is 1. The quantitative estimate of drug-likeness (QED) is 0.611. The van der Waals surface area contributed by atoms with Crippen molar-refractivity contribution in [3.8, 4) is 0 Å². The van der Waals surface area contributed by atoms with Crippen LogP contribution < -0.4 is 4.90 Å². The lowest BCUT2D eigenvalue weighted by Crippen LogP contribution is -2.32. The van der Waals surface area contributed by atoms with E-state index >= 15 is 0 Å². The van der Waals surface area contributed by atoms with Gasteiger partial charge in [-0.1, -0.05) is 0 Å². The molecule has 0 N–H and O–H groups in total. The normalized spacial score (nSPS) is 33.6. The van der Waals surface area contributed by atoms with Crippen molar-refractivity contribution in [1.29, 1.82) is 0 Å². The molecule has 22 heavy (non-hydrogen) atoms. The van der Waals surface area contributed by atoms with Crippen molar-refractivity contribution < 1.29 is 18.0 Å². The Morgan fingerprint density at radius 3 is 1.91 bits per heavy atom. The Morgan fingerprint density at radius 2 is 1.45 bits per heavy atom. The highest BCUT2D eigenvalue weighted by Gasteiger charge is 2.61. The molecule has 1 aromatic carbocycles. The van der Waals surface area contributed by atoms with Gasteiger partial charge in [0.05, 0.1) is 22.4 Å². The fraction of sp³-hybridized carbons (Fsp3) is 0.467. The average Bonchev–Trinajstić information content (AvgIpc) is 3.12. The molecule has 2 amide bonds. The zero-order valence-electron chi connectivity index (χ0n) is 11.6. The molecule has 1 saturated heterocycles. The van der Waals surface area contributed by atoms with Crippen LogP contribution in [-0.2, 0) is 18.6 Å². The van der Waals surface area contributed by atoms with Crippen molar-refractivity contribution in [2.75, 3.05) is 4.90 Å². The standard InChI is InChI=1S/C15H14ClNO4S/c16-22(20,21)11-5-3-10(4-6-11)17-14(18)12-8-1-2-9(7-8)13(12)15(17)19/h3-6,8-9,12-13H,1-2,7H2. The van der Waals surface area contributed by atoms with E-state index in [4.69, 9.17) is 10.7 Å². The van der Waals surface area contributed by atoms with Crippen LogP contribution in [0.4, 0.5) is 5.69 Å². The molecule has 7 heteroatoms. The van der Waals surface area contributed by atoms with Crippen molar-refractivity contribution in [1.82, 2.24) is 0 Å². The number of benzene rings is 1. The number of amides is 2. The number of carbonyl (C=O) groups is 2. The lowest BCUT2D eigenvalue weighted by Gasteiger charge is -2.19. The molecule has 4 unspecified atom stereocenters. The molecular weight excluding hydrogens is 326 g/mol. The largest absolute Gasteiger partial charge is 0.274 e. The molecule has 2 saturated carbocycles. The fourth-order valence-electron chi connectivity index (χ4n) is 4.42. The first-order chi connectivity index (χ1) is 10.4. The molecule has 1 aliphatic heterocycles. The lowest BCUT2D eigenvalue weighted by atomic mass is 9.81. The van der Waals surface area contributed by atoms with Crippen LogP contribution in [0.5, 0.6) is 0 Å². The maximum absolute atomic E-state index is 12.6. The Morgan fingerprint density at radius 1 is 0.955 bits per heavy atom. The minimum absolute atomic E-state index is 0.0442. The molecule has 0 aromatic heterocycles. The van der Waals surface area contributed by atoms with Crippen LogP contribution in [0.2, 0.25) is 0 Å². The summed E-state index contributed by atoms with van der Waals surface area (Å²) in [6, 6.07) is 5.57. The molecule has 2 bridgehead atoms. The van der Waals surface area contributed by atoms with E-state index in [0.717, 1.165) is 19.3 Å². The SMILES string of the molecule is O=C1C2C3CCC(C3)C2C(=O)N1c1ccc(S(=O)(=O)Cl)cc1. The molecule has 2 aliphatic carbocycles. The highest BCUT2D eigenvalue weighted by molar-refractivity contribution is 8.13. The minimum Gasteiger partial charge on any atom is -0.274 e. The Hall–Kier alpha value is -1.40. The summed E-state index contributed by atoms with van der Waals surface area (Å²) in [6.45, 7) is 0. The van der Waals surface area contributed by atoms with E-state index in [1.54, 1.807) is 0 Å². The third-order valence-electron chi connectivity index (χ3n) is 5.30. The fourth-order valence-corrected chi connectivity index (χ4v) is 5.19. The molecule has 0 radical (unpaired) electrons. The van der Waals surface area contributed by atoms with E-state index in [1.165, 1.54) is 29.2 Å². The smallest absolute Gasteiger partial charge is 0.261 e. The number of halogens is 1. The number of rotatable bonds is 2. The van der Waals surface area contributed by atoms with Gasteiger partial charge >= 0.3 is 0 Å². The van der Waals surface area contributed by atoms with E-state index in [2.05, 4.69) is 0 Å². The summed E-state index contributed by atoms with van der Waals surface area (Å²) < 4.78 is 22.5. The number of hydrogen-bond acceptors (Lipinski definition) is 4. The van der Waals surface area contributed by atoms with Gasteiger partial charge in [0.15, 0.2) is 0 Å². The van der Waals surface area contributed by atoms with Gasteiger partial charge in [-0.15, -0.1) is 0 Å². The number of anilines is 1. The van der Waals surface area contributed by atoms with E-state index in [-0.39, 0.29) is 28.5 Å². The first kappa shape index (κ1) is 14.2. The maximum Gasteiger partial charge on any atom is 0.261 e. The zero-order valence-corrected chi connectivity index (χ0v) is 13.2. The second-order valence-corrected chi connectivity index (χ2v) is 8.89. The summed E-state index contributed by atoms with van der Waals surface area (Å²) >= 11 is 0. The summed E-state index contributed by atoms with van der Waals surface area (Å²) in [5.74, 6) is 0.0376. The van der Waals surface area contributed by atoms with Crippen LogP contribution in [0.1, 0.15) is 19.3 Å². The highest BCUT2D eigenvalue weighted by Crippen LogP contribution is 2.56. The molecule has 1 heterocycles. The first-order valence-electron chi connectivity index (χ1n) is 7.30. The van der Waals surface area contributed by atoms with Crippen molar-refractivity contribution >= 4 is 37.2 Å². The number of nitrogens with zero attached hydrogens (tertiary/aromatic N) is 1. The van der Waals surface area contributed by atoms with Crippen LogP contribution in [0.25, 0.3) is 0 Å². The predicted octanol–water partition coefficient (Wildman–Crippen LogP) is 2.15. The van der Waals surface area contributed by atoms with E-state index in [9.17, 15) is 18.0 Å². The zero-order chi connectivity index (χ0) is 15.6. The van der Waals surface area contributed by atoms with Crippen molar-refractivity contribution in [3.05, 3.63) is 24.3 Å². The van der Waals surface area contributed by atoms with Gasteiger partial charge in [0.25, 0.3) is 9.05 Å². The summed E-state index contributed by atoms with van der Waals surface area (Å²) in [4.78, 5) is 26.4. The van der Waals surface area contributed by atoms with Gasteiger partial charge in [0, 0.05) is 10.7 Å². The lowest BCUT2D eigenvalue weighted by molar-refractivity contribution is -0.123. The summed E-state index contributed by atoms with van der Waals surface area (Å²) in [5.41, 5.74) is 0.424. The van der Waals surface area contributed by atoms with E-state index < -0.39 is 9.05 Å². The van der Waals surface area contributed by atoms with Gasteiger partial charge in [0.1, 0.15) is 0 Å². The van der Waals surface area contributed by atoms with Crippen LogP contribution in [0.15, 0.2) is 29.2 Å². The second kappa shape index (κ2) is 4.55. The Labute approximate surface area is 132 Å². The Balaban J connectivity index is 1.69. The number of fused-ring (bicyclic) bond motifs is 5. The summed E-state index contributed by atoms with van der Waals surface area (Å²) in [7, 11) is 1.47. The maximum atomic E-state index is 12.6. The van der Waals surface area contributed by atoms with Gasteiger partial charge in [0.2, 0.25) is 11.8 Å². The average molecular weight is 340 g/mol. The van der Waals surface area contributed by atoms with Crippen LogP contribution in [0.3, 0.4) is 0 Å². The molecule has 4 rings (SSSR count). The monoisotopic (exact) mass is 339 g/mol. The Kier molecular flexibility index (Phi) is 2.94. The van der Waals surface area contributed by atoms with Crippen LogP contribution >= 0.6 is 10.7 Å². The van der Waals surface area contributed by atoms with Crippen molar-refractivity contribution in [3.63, 3.8) is 0 Å². The minimum atomic E-state index is -3.81. The molecular formula is C15H14ClNO4S. The van der Waals surface area contributed by atoms with Crippen molar-refractivity contribution in [2.45, 2.75) is 24.2 Å². The van der Waals surface area contributed by atoms with Crippen LogP contribution in [-0.4, -0.2) is 20.2 Å². The first-order valence-corrected chi connectivity index (χ1v) is 9.61. The number of carbonyl (C=O) groups excluding carboxylic acids is 2. The van der Waals surface area contributed by atoms with Gasteiger partial charge in [-0.25, -0.2) is 8.42 Å². The van der Waals surface area contributed by atoms with E-state index in [1.807, 2.05) is 0 Å². The summed E-state index contributed by atoms with van der Waals surface area (Å²) in [6.07, 6.45) is 3.05. The molecule has 3 fully saturated rings. The molecule has 5 nitrogen and oxygen atoms in total. The topological polar surface area (TPSA) is 71.5 Å². The molecule has 1 aromatic rings. The number of hydrogen-bond donors (Lipinski definition) is 0. The summed E-state index contributed by atoms with van der Waals surface area (Å²) in [5, 5.41) is 0. The third-order valence-corrected chi connectivity index (χ3v) is 6.67. The third kappa shape index (κ3) is 1.86. The highest BCUT2D eigenvalue weighted by atomic mass is 35.7. The van der Waals surface area contributed by atoms with Gasteiger partial charge in [-0.2, -0.15) is 0 Å². The Bertz CT molecular complexity index is 745. The predicted molar refractivity (Wildman–Crippen MR) is 79.8 cm³/mol. The molecule has 4 atom stereocenters. The van der Waals surface area contributed by atoms with Gasteiger partial charge < -0.3 is 0 Å². The molecule has 0 spiro atoms. The van der Waals surface area contributed by atoms with Crippen molar-refractivity contribution in [2.24, 2.45) is 23.7 Å². The second-order valence-electron chi connectivity index (χ2n) is 6.33. The van der Waals surface area contributed by atoms with Crippen LogP contribution in [0, 0.1) is 23.7 Å².